The van der Waals surface area contributed by atoms with Crippen molar-refractivity contribution in [1.29, 1.82) is 0 Å². The second-order valence-electron chi connectivity index (χ2n) is 4.60. The summed E-state index contributed by atoms with van der Waals surface area (Å²) >= 11 is 0. The smallest absolute Gasteiger partial charge is 0.334 e. The van der Waals surface area contributed by atoms with Gasteiger partial charge in [0.15, 0.2) is 0 Å². The van der Waals surface area contributed by atoms with Crippen LogP contribution >= 0.6 is 0 Å². The Bertz CT molecular complexity index is 570. The minimum atomic E-state index is -0.200. The first-order valence-electron chi connectivity index (χ1n) is 6.69. The molecule has 0 N–H and O–H groups in total. The van der Waals surface area contributed by atoms with Crippen molar-refractivity contribution in [2.24, 2.45) is 0 Å². The summed E-state index contributed by atoms with van der Waals surface area (Å²) in [6.07, 6.45) is 2.66. The quantitative estimate of drug-likeness (QED) is 0.597. The lowest BCUT2D eigenvalue weighted by molar-refractivity contribution is -0.138. The fourth-order valence-corrected chi connectivity index (χ4v) is 2.18. The monoisotopic (exact) mass is 254 g/mol. The van der Waals surface area contributed by atoms with Crippen LogP contribution in [0.1, 0.15) is 37.3 Å². The van der Waals surface area contributed by atoms with E-state index in [0.717, 1.165) is 41.5 Å². The third kappa shape index (κ3) is 3.26. The minimum Gasteiger partial charge on any atom is -0.463 e. The third-order valence-electron chi connectivity index (χ3n) is 3.23. The highest BCUT2D eigenvalue weighted by molar-refractivity contribution is 5.91. The lowest BCUT2D eigenvalue weighted by atomic mass is 10.1. The number of aryl methyl sites for hydroxylation is 1. The van der Waals surface area contributed by atoms with E-state index in [4.69, 9.17) is 4.74 Å². The lowest BCUT2D eigenvalue weighted by Gasteiger charge is -2.02. The number of carbonyl (C=O) groups is 1. The Morgan fingerprint density at radius 2 is 2.05 bits per heavy atom. The van der Waals surface area contributed by atoms with Crippen LogP contribution in [0.3, 0.4) is 0 Å². The van der Waals surface area contributed by atoms with Crippen molar-refractivity contribution >= 4 is 5.97 Å². The zero-order valence-corrected chi connectivity index (χ0v) is 11.5. The van der Waals surface area contributed by atoms with Gasteiger partial charge in [-0.25, -0.2) is 4.79 Å². The number of rotatable bonds is 2. The Kier molecular flexibility index (Phi) is 4.41. The molecule has 0 aliphatic heterocycles. The molecule has 2 heteroatoms. The van der Waals surface area contributed by atoms with E-state index in [9.17, 15) is 4.79 Å². The Labute approximate surface area is 114 Å². The van der Waals surface area contributed by atoms with Crippen LogP contribution in [0.5, 0.6) is 0 Å². The summed E-state index contributed by atoms with van der Waals surface area (Å²) in [5.74, 6) is 6.12. The molecule has 19 heavy (non-hydrogen) atoms. The molecule has 0 heterocycles. The lowest BCUT2D eigenvalue weighted by Crippen LogP contribution is -2.07. The average molecular weight is 254 g/mol. The summed E-state index contributed by atoms with van der Waals surface area (Å²) in [5.41, 5.74) is 3.89. The van der Waals surface area contributed by atoms with Crippen LogP contribution in [0.4, 0.5) is 0 Å². The van der Waals surface area contributed by atoms with E-state index in [0.29, 0.717) is 6.61 Å². The molecule has 1 aromatic carbocycles. The van der Waals surface area contributed by atoms with Gasteiger partial charge in [-0.15, -0.1) is 0 Å². The molecule has 0 fully saturated rings. The number of carbonyl (C=O) groups excluding carboxylic acids is 1. The number of esters is 1. The van der Waals surface area contributed by atoms with Gasteiger partial charge >= 0.3 is 5.97 Å². The number of hydrogen-bond acceptors (Lipinski definition) is 2. The summed E-state index contributed by atoms with van der Waals surface area (Å²) in [5, 5.41) is 0. The number of ether oxygens (including phenoxy) is 1. The summed E-state index contributed by atoms with van der Waals surface area (Å²) in [6.45, 7) is 4.28. The molecule has 0 saturated carbocycles. The van der Waals surface area contributed by atoms with Gasteiger partial charge in [-0.1, -0.05) is 30.0 Å². The standard InChI is InChI=1S/C17H18O2/c1-3-19-17(18)16-10-6-9-15(16)12-11-14-8-5-4-7-13(14)2/h4-5,7-8H,3,6,9-10H2,1-2H3. The highest BCUT2D eigenvalue weighted by Crippen LogP contribution is 2.26. The van der Waals surface area contributed by atoms with Crippen LogP contribution in [0.25, 0.3) is 0 Å². The van der Waals surface area contributed by atoms with Crippen LogP contribution in [-0.2, 0) is 9.53 Å². The minimum absolute atomic E-state index is 0.200. The molecule has 0 atom stereocenters. The molecule has 1 aliphatic rings. The molecular formula is C17H18O2. The van der Waals surface area contributed by atoms with Crippen molar-refractivity contribution in [2.75, 3.05) is 6.61 Å². The van der Waals surface area contributed by atoms with Gasteiger partial charge in [0, 0.05) is 16.7 Å². The molecule has 0 bridgehead atoms. The van der Waals surface area contributed by atoms with E-state index >= 15 is 0 Å². The zero-order valence-electron chi connectivity index (χ0n) is 11.5. The fraction of sp³-hybridized carbons (Fsp3) is 0.353. The fourth-order valence-electron chi connectivity index (χ4n) is 2.18. The topological polar surface area (TPSA) is 26.3 Å². The van der Waals surface area contributed by atoms with Gasteiger partial charge in [-0.2, -0.15) is 0 Å². The van der Waals surface area contributed by atoms with E-state index in [1.807, 2.05) is 38.1 Å². The molecule has 0 spiro atoms. The van der Waals surface area contributed by atoms with Crippen LogP contribution in [0.15, 0.2) is 35.4 Å². The Morgan fingerprint density at radius 1 is 1.26 bits per heavy atom. The molecule has 0 unspecified atom stereocenters. The maximum Gasteiger partial charge on any atom is 0.334 e. The normalized spacial score (nSPS) is 14.0. The predicted molar refractivity (Wildman–Crippen MR) is 75.6 cm³/mol. The van der Waals surface area contributed by atoms with E-state index in [1.54, 1.807) is 0 Å². The van der Waals surface area contributed by atoms with Crippen molar-refractivity contribution in [1.82, 2.24) is 0 Å². The van der Waals surface area contributed by atoms with Crippen molar-refractivity contribution in [3.8, 4) is 11.8 Å². The maximum atomic E-state index is 11.8. The van der Waals surface area contributed by atoms with E-state index in [2.05, 4.69) is 11.8 Å². The van der Waals surface area contributed by atoms with Crippen molar-refractivity contribution in [2.45, 2.75) is 33.1 Å². The molecule has 2 rings (SSSR count). The van der Waals surface area contributed by atoms with Crippen LogP contribution in [0, 0.1) is 18.8 Å². The summed E-state index contributed by atoms with van der Waals surface area (Å²) < 4.78 is 5.07. The van der Waals surface area contributed by atoms with Gasteiger partial charge in [0.05, 0.1) is 6.61 Å². The van der Waals surface area contributed by atoms with Crippen LogP contribution < -0.4 is 0 Å². The molecular weight excluding hydrogens is 236 g/mol. The van der Waals surface area contributed by atoms with Gasteiger partial charge in [-0.05, 0) is 44.7 Å². The van der Waals surface area contributed by atoms with Gasteiger partial charge in [0.25, 0.3) is 0 Å². The van der Waals surface area contributed by atoms with E-state index in [1.165, 1.54) is 0 Å². The number of benzene rings is 1. The summed E-state index contributed by atoms with van der Waals surface area (Å²) in [4.78, 5) is 11.8. The first kappa shape index (κ1) is 13.4. The molecule has 2 nitrogen and oxygen atoms in total. The summed E-state index contributed by atoms with van der Waals surface area (Å²) in [6, 6.07) is 8.02. The van der Waals surface area contributed by atoms with Gasteiger partial charge in [0.2, 0.25) is 0 Å². The van der Waals surface area contributed by atoms with E-state index in [-0.39, 0.29) is 5.97 Å². The zero-order chi connectivity index (χ0) is 13.7. The average Bonchev–Trinajstić information content (AvgIpc) is 2.86. The SMILES string of the molecule is CCOC(=O)C1=C(C#Cc2ccccc2C)CCC1. The molecule has 1 aliphatic carbocycles. The van der Waals surface area contributed by atoms with Gasteiger partial charge < -0.3 is 4.74 Å². The highest BCUT2D eigenvalue weighted by atomic mass is 16.5. The second-order valence-corrected chi connectivity index (χ2v) is 4.60. The molecule has 1 aromatic rings. The molecule has 0 saturated heterocycles. The van der Waals surface area contributed by atoms with Gasteiger partial charge in [-0.3, -0.25) is 0 Å². The third-order valence-corrected chi connectivity index (χ3v) is 3.23. The number of hydrogen-bond donors (Lipinski definition) is 0. The predicted octanol–water partition coefficient (Wildman–Crippen LogP) is 3.39. The van der Waals surface area contributed by atoms with Crippen molar-refractivity contribution in [3.63, 3.8) is 0 Å². The highest BCUT2D eigenvalue weighted by Gasteiger charge is 2.20. The van der Waals surface area contributed by atoms with Crippen molar-refractivity contribution < 1.29 is 9.53 Å². The Hall–Kier alpha value is -2.01. The summed E-state index contributed by atoms with van der Waals surface area (Å²) in [7, 11) is 0. The van der Waals surface area contributed by atoms with Crippen LogP contribution in [-0.4, -0.2) is 12.6 Å². The Morgan fingerprint density at radius 3 is 2.79 bits per heavy atom. The molecule has 0 aromatic heterocycles. The van der Waals surface area contributed by atoms with E-state index < -0.39 is 0 Å². The molecule has 0 amide bonds. The first-order valence-corrected chi connectivity index (χ1v) is 6.69. The molecule has 0 radical (unpaired) electrons. The largest absolute Gasteiger partial charge is 0.463 e. The maximum absolute atomic E-state index is 11.8. The van der Waals surface area contributed by atoms with Gasteiger partial charge in [0.1, 0.15) is 0 Å². The van der Waals surface area contributed by atoms with Crippen molar-refractivity contribution in [3.05, 3.63) is 46.5 Å². The van der Waals surface area contributed by atoms with Crippen LogP contribution in [0.2, 0.25) is 0 Å². The molecule has 98 valence electrons. The number of allylic oxidation sites excluding steroid dienone is 1. The second kappa shape index (κ2) is 6.24. The Balaban J connectivity index is 2.25. The first-order chi connectivity index (χ1) is 9.22.